The summed E-state index contributed by atoms with van der Waals surface area (Å²) < 4.78 is 0. The minimum Gasteiger partial charge on any atom is -0.352 e. The topological polar surface area (TPSA) is 84.3 Å². The van der Waals surface area contributed by atoms with Gasteiger partial charge >= 0.3 is 0 Å². The van der Waals surface area contributed by atoms with E-state index in [2.05, 4.69) is 10.6 Å². The molecule has 2 N–H and O–H groups in total. The van der Waals surface area contributed by atoms with E-state index < -0.39 is 11.1 Å². The summed E-state index contributed by atoms with van der Waals surface area (Å²) in [7, 11) is 0. The molecule has 4 rings (SSSR count). The first-order valence-electron chi connectivity index (χ1n) is 7.63. The average Bonchev–Trinajstić information content (AvgIpc) is 3.07. The lowest BCUT2D eigenvalue weighted by Gasteiger charge is -2.26. The molecule has 1 aliphatic rings. The molecule has 124 valence electrons. The van der Waals surface area contributed by atoms with Crippen LogP contribution in [0.5, 0.6) is 0 Å². The van der Waals surface area contributed by atoms with Crippen molar-refractivity contribution in [2.45, 2.75) is 6.17 Å². The van der Waals surface area contributed by atoms with Crippen LogP contribution < -0.4 is 10.6 Å². The van der Waals surface area contributed by atoms with Crippen molar-refractivity contribution in [3.63, 3.8) is 0 Å². The molecule has 1 atom stereocenters. The predicted octanol–water partition coefficient (Wildman–Crippen LogP) is 4.18. The summed E-state index contributed by atoms with van der Waals surface area (Å²) >= 11 is 1.42. The van der Waals surface area contributed by atoms with E-state index in [9.17, 15) is 14.9 Å². The number of benzene rings is 2. The summed E-state index contributed by atoms with van der Waals surface area (Å²) in [6.45, 7) is 0. The summed E-state index contributed by atoms with van der Waals surface area (Å²) in [5.74, 6) is -0.239. The molecule has 0 aliphatic carbocycles. The van der Waals surface area contributed by atoms with E-state index in [0.717, 1.165) is 11.1 Å². The Morgan fingerprint density at radius 3 is 2.48 bits per heavy atom. The summed E-state index contributed by atoms with van der Waals surface area (Å²) in [6.07, 6.45) is -0.635. The normalized spacial score (nSPS) is 15.8. The lowest BCUT2D eigenvalue weighted by atomic mass is 10.0. The number of thiophene rings is 1. The third kappa shape index (κ3) is 2.64. The molecule has 0 radical (unpaired) electrons. The Morgan fingerprint density at radius 1 is 1.00 bits per heavy atom. The van der Waals surface area contributed by atoms with Crippen molar-refractivity contribution in [2.75, 3.05) is 5.32 Å². The van der Waals surface area contributed by atoms with Crippen molar-refractivity contribution < 1.29 is 9.72 Å². The van der Waals surface area contributed by atoms with Gasteiger partial charge in [-0.1, -0.05) is 42.5 Å². The molecular weight excluding hydrogens is 338 g/mol. The van der Waals surface area contributed by atoms with E-state index in [4.69, 9.17) is 0 Å². The molecule has 0 bridgehead atoms. The van der Waals surface area contributed by atoms with Crippen molar-refractivity contribution in [3.8, 4) is 11.1 Å². The van der Waals surface area contributed by atoms with Gasteiger partial charge in [0.15, 0.2) is 0 Å². The van der Waals surface area contributed by atoms with Crippen LogP contribution in [0.4, 0.5) is 10.7 Å². The Balaban J connectivity index is 1.74. The highest BCUT2D eigenvalue weighted by Gasteiger charge is 2.32. The molecule has 0 spiro atoms. The second-order valence-electron chi connectivity index (χ2n) is 5.59. The molecule has 25 heavy (non-hydrogen) atoms. The van der Waals surface area contributed by atoms with Crippen molar-refractivity contribution >= 4 is 27.9 Å². The van der Waals surface area contributed by atoms with Gasteiger partial charge in [0, 0.05) is 17.0 Å². The van der Waals surface area contributed by atoms with Crippen LogP contribution in [0.3, 0.4) is 0 Å². The maximum absolute atomic E-state index is 12.7. The van der Waals surface area contributed by atoms with Gasteiger partial charge in [-0.25, -0.2) is 0 Å². The van der Waals surface area contributed by atoms with Crippen LogP contribution in [0.1, 0.15) is 22.1 Å². The predicted molar refractivity (Wildman–Crippen MR) is 96.7 cm³/mol. The van der Waals surface area contributed by atoms with E-state index in [0.29, 0.717) is 16.1 Å². The minimum atomic E-state index is -0.635. The van der Waals surface area contributed by atoms with E-state index in [1.807, 2.05) is 35.7 Å². The smallest absolute Gasteiger partial charge is 0.276 e. The molecule has 7 heteroatoms. The van der Waals surface area contributed by atoms with Gasteiger partial charge in [-0.05, 0) is 11.6 Å². The fraction of sp³-hybridized carbons (Fsp3) is 0.0556. The van der Waals surface area contributed by atoms with Crippen molar-refractivity contribution in [1.29, 1.82) is 0 Å². The van der Waals surface area contributed by atoms with Crippen LogP contribution in [-0.4, -0.2) is 10.8 Å². The second-order valence-corrected chi connectivity index (χ2v) is 6.47. The van der Waals surface area contributed by atoms with Crippen molar-refractivity contribution in [2.24, 2.45) is 0 Å². The van der Waals surface area contributed by atoms with Crippen LogP contribution >= 0.6 is 11.3 Å². The molecule has 2 heterocycles. The Morgan fingerprint density at radius 2 is 1.72 bits per heavy atom. The van der Waals surface area contributed by atoms with Crippen LogP contribution in [0.2, 0.25) is 0 Å². The number of nitro benzene ring substituents is 1. The molecule has 1 amide bonds. The number of rotatable bonds is 3. The Kier molecular flexibility index (Phi) is 3.70. The van der Waals surface area contributed by atoms with Gasteiger partial charge in [0.1, 0.15) is 11.2 Å². The summed E-state index contributed by atoms with van der Waals surface area (Å²) in [6, 6.07) is 16.1. The SMILES string of the molecule is O=C1N[C@@H](c2ccccc2[N+](=O)[O-])Nc2scc(-c3ccccc3)c21. The molecule has 1 aliphatic heterocycles. The highest BCUT2D eigenvalue weighted by Crippen LogP contribution is 2.40. The summed E-state index contributed by atoms with van der Waals surface area (Å²) in [4.78, 5) is 23.5. The molecule has 0 fully saturated rings. The highest BCUT2D eigenvalue weighted by molar-refractivity contribution is 7.15. The third-order valence-corrected chi connectivity index (χ3v) is 5.01. The number of fused-ring (bicyclic) bond motifs is 1. The van der Waals surface area contributed by atoms with Gasteiger partial charge < -0.3 is 10.6 Å². The quantitative estimate of drug-likeness (QED) is 0.548. The highest BCUT2D eigenvalue weighted by atomic mass is 32.1. The number of hydrogen-bond acceptors (Lipinski definition) is 5. The van der Waals surface area contributed by atoms with Crippen LogP contribution in [0.25, 0.3) is 11.1 Å². The third-order valence-electron chi connectivity index (χ3n) is 4.10. The summed E-state index contributed by atoms with van der Waals surface area (Å²) in [5, 5.41) is 19.9. The monoisotopic (exact) mass is 351 g/mol. The zero-order chi connectivity index (χ0) is 17.4. The maximum Gasteiger partial charge on any atom is 0.276 e. The van der Waals surface area contributed by atoms with Gasteiger partial charge in [-0.3, -0.25) is 14.9 Å². The van der Waals surface area contributed by atoms with Crippen molar-refractivity contribution in [1.82, 2.24) is 5.32 Å². The van der Waals surface area contributed by atoms with Gasteiger partial charge in [0.2, 0.25) is 0 Å². The number of anilines is 1. The standard InChI is InChI=1S/C18H13N3O3S/c22-17-15-13(11-6-2-1-3-7-11)10-25-18(15)20-16(19-17)12-8-4-5-9-14(12)21(23)24/h1-10,16,20H,(H,19,22)/t16-/m1/s1. The molecule has 0 saturated carbocycles. The van der Waals surface area contributed by atoms with Gasteiger partial charge in [0.05, 0.1) is 16.1 Å². The number of nitrogens with one attached hydrogen (secondary N) is 2. The summed E-state index contributed by atoms with van der Waals surface area (Å²) in [5.41, 5.74) is 2.79. The average molecular weight is 351 g/mol. The van der Waals surface area contributed by atoms with Crippen LogP contribution in [0, 0.1) is 10.1 Å². The fourth-order valence-electron chi connectivity index (χ4n) is 2.94. The van der Waals surface area contributed by atoms with Crippen LogP contribution in [0.15, 0.2) is 60.0 Å². The Bertz CT molecular complexity index is 969. The van der Waals surface area contributed by atoms with Crippen LogP contribution in [-0.2, 0) is 0 Å². The van der Waals surface area contributed by atoms with Gasteiger partial charge in [-0.15, -0.1) is 11.3 Å². The van der Waals surface area contributed by atoms with E-state index in [1.165, 1.54) is 17.4 Å². The molecule has 2 aromatic carbocycles. The minimum absolute atomic E-state index is 0.0245. The second kappa shape index (κ2) is 6.03. The Labute approximate surface area is 147 Å². The molecular formula is C18H13N3O3S. The first-order chi connectivity index (χ1) is 12.1. The molecule has 0 unspecified atom stereocenters. The number of nitro groups is 1. The fourth-order valence-corrected chi connectivity index (χ4v) is 3.94. The molecule has 0 saturated heterocycles. The Hall–Kier alpha value is -3.19. The maximum atomic E-state index is 12.7. The first-order valence-corrected chi connectivity index (χ1v) is 8.51. The first kappa shape index (κ1) is 15.3. The number of nitrogens with zero attached hydrogens (tertiary/aromatic N) is 1. The number of hydrogen-bond donors (Lipinski definition) is 2. The van der Waals surface area contributed by atoms with E-state index in [-0.39, 0.29) is 11.6 Å². The number of amides is 1. The molecule has 1 aromatic heterocycles. The van der Waals surface area contributed by atoms with Crippen molar-refractivity contribution in [3.05, 3.63) is 81.2 Å². The zero-order valence-electron chi connectivity index (χ0n) is 12.9. The molecule has 3 aromatic rings. The lowest BCUT2D eigenvalue weighted by Crippen LogP contribution is -2.38. The lowest BCUT2D eigenvalue weighted by molar-refractivity contribution is -0.385. The number of para-hydroxylation sites is 1. The van der Waals surface area contributed by atoms with Gasteiger partial charge in [-0.2, -0.15) is 0 Å². The van der Waals surface area contributed by atoms with Gasteiger partial charge in [0.25, 0.3) is 11.6 Å². The number of carbonyl (C=O) groups is 1. The number of carbonyl (C=O) groups excluding carboxylic acids is 1. The zero-order valence-corrected chi connectivity index (χ0v) is 13.7. The van der Waals surface area contributed by atoms with E-state index in [1.54, 1.807) is 18.2 Å². The van der Waals surface area contributed by atoms with E-state index >= 15 is 0 Å². The molecule has 6 nitrogen and oxygen atoms in total. The largest absolute Gasteiger partial charge is 0.352 e.